The number of carbonyl (C=O) groups excluding carboxylic acids is 1. The number of benzene rings is 1. The molecule has 0 saturated carbocycles. The molecule has 2 rings (SSSR count). The summed E-state index contributed by atoms with van der Waals surface area (Å²) in [5, 5.41) is 0. The number of rotatable bonds is 10. The van der Waals surface area contributed by atoms with E-state index in [9.17, 15) is 9.18 Å². The smallest absolute Gasteiger partial charge is 0.161 e. The summed E-state index contributed by atoms with van der Waals surface area (Å²) in [5.74, 6) is 1.000. The predicted octanol–water partition coefficient (Wildman–Crippen LogP) is 6.85. The molecule has 3 unspecified atom stereocenters. The van der Waals surface area contributed by atoms with Crippen molar-refractivity contribution in [1.29, 1.82) is 0 Å². The Balaban J connectivity index is 1.85. The lowest BCUT2D eigenvalue weighted by molar-refractivity contribution is -0.161. The quantitative estimate of drug-likeness (QED) is 0.410. The monoisotopic (exact) mass is 388 g/mol. The zero-order valence-electron chi connectivity index (χ0n) is 18.1. The van der Waals surface area contributed by atoms with Crippen molar-refractivity contribution in [3.8, 4) is 0 Å². The van der Waals surface area contributed by atoms with Crippen LogP contribution >= 0.6 is 0 Å². The maximum absolute atomic E-state index is 13.2. The van der Waals surface area contributed by atoms with Gasteiger partial charge >= 0.3 is 0 Å². The van der Waals surface area contributed by atoms with E-state index >= 15 is 0 Å². The fourth-order valence-electron chi connectivity index (χ4n) is 4.60. The van der Waals surface area contributed by atoms with E-state index in [1.807, 2.05) is 12.1 Å². The van der Waals surface area contributed by atoms with Crippen LogP contribution in [0.5, 0.6) is 0 Å². The summed E-state index contributed by atoms with van der Waals surface area (Å²) < 4.78 is 19.3. The minimum atomic E-state index is -0.606. The number of ether oxygens (including phenoxy) is 1. The highest BCUT2D eigenvalue weighted by atomic mass is 19.1. The van der Waals surface area contributed by atoms with Gasteiger partial charge in [-0.3, -0.25) is 4.79 Å². The number of halogens is 1. The first kappa shape index (κ1) is 22.8. The normalized spacial score (nSPS) is 23.6. The summed E-state index contributed by atoms with van der Waals surface area (Å²) in [7, 11) is 0. The standard InChI is InChI=1S/C25H37FO2/c1-6-8-21(22-11-13-24(26)14-12-22)10-7-9-19(4)23-15-16-25(18(2)3,20(5)27)28-17-23/h11-14,18,21,23H,4,6-10,15-17H2,1-3,5H3. The molecule has 1 heterocycles. The summed E-state index contributed by atoms with van der Waals surface area (Å²) in [6, 6.07) is 6.97. The van der Waals surface area contributed by atoms with Crippen molar-refractivity contribution in [3.05, 3.63) is 47.8 Å². The molecule has 1 aromatic rings. The zero-order chi connectivity index (χ0) is 20.7. The molecule has 0 aromatic heterocycles. The van der Waals surface area contributed by atoms with Gasteiger partial charge in [0.2, 0.25) is 0 Å². The van der Waals surface area contributed by atoms with Crippen LogP contribution in [0.1, 0.15) is 84.1 Å². The summed E-state index contributed by atoms with van der Waals surface area (Å²) in [4.78, 5) is 12.1. The van der Waals surface area contributed by atoms with Gasteiger partial charge < -0.3 is 4.74 Å². The van der Waals surface area contributed by atoms with Gasteiger partial charge in [0.25, 0.3) is 0 Å². The Morgan fingerprint density at radius 1 is 1.29 bits per heavy atom. The Labute approximate surface area is 170 Å². The van der Waals surface area contributed by atoms with Crippen LogP contribution in [-0.4, -0.2) is 18.0 Å². The second-order valence-electron chi connectivity index (χ2n) is 8.73. The molecule has 1 aliphatic heterocycles. The van der Waals surface area contributed by atoms with Crippen LogP contribution < -0.4 is 0 Å². The fourth-order valence-corrected chi connectivity index (χ4v) is 4.60. The first-order valence-corrected chi connectivity index (χ1v) is 10.9. The molecule has 1 saturated heterocycles. The molecule has 3 atom stereocenters. The molecule has 2 nitrogen and oxygen atoms in total. The van der Waals surface area contributed by atoms with Gasteiger partial charge in [-0.1, -0.05) is 51.5 Å². The van der Waals surface area contributed by atoms with E-state index in [0.717, 1.165) is 44.9 Å². The van der Waals surface area contributed by atoms with Gasteiger partial charge in [-0.15, -0.1) is 0 Å². The largest absolute Gasteiger partial charge is 0.366 e. The Morgan fingerprint density at radius 2 is 1.96 bits per heavy atom. The molecule has 0 aliphatic carbocycles. The molecule has 3 heteroatoms. The summed E-state index contributed by atoms with van der Waals surface area (Å²) in [5.41, 5.74) is 1.87. The highest BCUT2D eigenvalue weighted by molar-refractivity contribution is 5.85. The Morgan fingerprint density at radius 3 is 2.46 bits per heavy atom. The molecule has 0 N–H and O–H groups in total. The van der Waals surface area contributed by atoms with Crippen LogP contribution in [0.2, 0.25) is 0 Å². The third-order valence-electron chi connectivity index (χ3n) is 6.54. The van der Waals surface area contributed by atoms with E-state index in [0.29, 0.717) is 18.4 Å². The fraction of sp³-hybridized carbons (Fsp3) is 0.640. The van der Waals surface area contributed by atoms with Crippen molar-refractivity contribution in [1.82, 2.24) is 0 Å². The van der Waals surface area contributed by atoms with E-state index in [1.54, 1.807) is 19.1 Å². The number of ketones is 1. The molecule has 156 valence electrons. The van der Waals surface area contributed by atoms with Crippen molar-refractivity contribution in [2.24, 2.45) is 11.8 Å². The van der Waals surface area contributed by atoms with E-state index in [-0.39, 0.29) is 17.5 Å². The van der Waals surface area contributed by atoms with Crippen molar-refractivity contribution in [2.75, 3.05) is 6.61 Å². The van der Waals surface area contributed by atoms with Crippen molar-refractivity contribution >= 4 is 5.78 Å². The minimum absolute atomic E-state index is 0.147. The minimum Gasteiger partial charge on any atom is -0.366 e. The lowest BCUT2D eigenvalue weighted by Crippen LogP contribution is -2.49. The van der Waals surface area contributed by atoms with Gasteiger partial charge in [0, 0.05) is 5.92 Å². The van der Waals surface area contributed by atoms with E-state index < -0.39 is 5.60 Å². The Bertz CT molecular complexity index is 639. The number of hydrogen-bond donors (Lipinski definition) is 0. The zero-order valence-corrected chi connectivity index (χ0v) is 18.1. The summed E-state index contributed by atoms with van der Waals surface area (Å²) >= 11 is 0. The Hall–Kier alpha value is -1.48. The maximum Gasteiger partial charge on any atom is 0.161 e. The molecule has 0 amide bonds. The number of Topliss-reactive ketones (excluding diaryl/α,β-unsaturated/α-hetero) is 1. The van der Waals surface area contributed by atoms with E-state index in [4.69, 9.17) is 4.74 Å². The van der Waals surface area contributed by atoms with E-state index in [2.05, 4.69) is 27.4 Å². The second kappa shape index (κ2) is 10.3. The van der Waals surface area contributed by atoms with Crippen LogP contribution in [0.4, 0.5) is 4.39 Å². The molecular formula is C25H37FO2. The van der Waals surface area contributed by atoms with Gasteiger partial charge in [0.05, 0.1) is 6.61 Å². The lowest BCUT2D eigenvalue weighted by atomic mass is 9.76. The molecule has 0 spiro atoms. The van der Waals surface area contributed by atoms with Crippen molar-refractivity contribution < 1.29 is 13.9 Å². The molecule has 0 radical (unpaired) electrons. The van der Waals surface area contributed by atoms with Gasteiger partial charge in [0.1, 0.15) is 11.4 Å². The first-order valence-electron chi connectivity index (χ1n) is 10.9. The van der Waals surface area contributed by atoms with Crippen LogP contribution in [0.15, 0.2) is 36.4 Å². The topological polar surface area (TPSA) is 26.3 Å². The molecule has 1 aliphatic rings. The highest BCUT2D eigenvalue weighted by Gasteiger charge is 2.43. The second-order valence-corrected chi connectivity index (χ2v) is 8.73. The molecule has 1 aromatic carbocycles. The van der Waals surface area contributed by atoms with Gasteiger partial charge in [-0.2, -0.15) is 0 Å². The van der Waals surface area contributed by atoms with Crippen LogP contribution in [-0.2, 0) is 9.53 Å². The van der Waals surface area contributed by atoms with Crippen LogP contribution in [0.25, 0.3) is 0 Å². The average Bonchev–Trinajstić information content (AvgIpc) is 2.67. The van der Waals surface area contributed by atoms with E-state index in [1.165, 1.54) is 11.1 Å². The van der Waals surface area contributed by atoms with Gasteiger partial charge in [0.15, 0.2) is 5.78 Å². The average molecular weight is 389 g/mol. The highest BCUT2D eigenvalue weighted by Crippen LogP contribution is 2.38. The third-order valence-corrected chi connectivity index (χ3v) is 6.54. The molecule has 1 fully saturated rings. The molecule has 0 bridgehead atoms. The first-order chi connectivity index (χ1) is 13.3. The molecule has 28 heavy (non-hydrogen) atoms. The Kier molecular flexibility index (Phi) is 8.42. The predicted molar refractivity (Wildman–Crippen MR) is 114 cm³/mol. The van der Waals surface area contributed by atoms with Crippen LogP contribution in [0.3, 0.4) is 0 Å². The summed E-state index contributed by atoms with van der Waals surface area (Å²) in [6.45, 7) is 12.9. The number of hydrogen-bond acceptors (Lipinski definition) is 2. The SMILES string of the molecule is C=C(CCCC(CCC)c1ccc(F)cc1)C1CCC(C(C)=O)(C(C)C)OC1. The van der Waals surface area contributed by atoms with Crippen molar-refractivity contribution in [3.63, 3.8) is 0 Å². The van der Waals surface area contributed by atoms with Gasteiger partial charge in [-0.25, -0.2) is 4.39 Å². The molecular weight excluding hydrogens is 351 g/mol. The summed E-state index contributed by atoms with van der Waals surface area (Å²) in [6.07, 6.45) is 7.19. The van der Waals surface area contributed by atoms with Crippen molar-refractivity contribution in [2.45, 2.75) is 84.2 Å². The third kappa shape index (κ3) is 5.53. The van der Waals surface area contributed by atoms with Crippen LogP contribution in [0, 0.1) is 17.7 Å². The number of carbonyl (C=O) groups is 1. The maximum atomic E-state index is 13.2. The lowest BCUT2D eigenvalue weighted by Gasteiger charge is -2.42. The van der Waals surface area contributed by atoms with Gasteiger partial charge in [-0.05, 0) is 75.0 Å².